The maximum Gasteiger partial charge on any atom is 0.179 e. The van der Waals surface area contributed by atoms with E-state index < -0.39 is 0 Å². The van der Waals surface area contributed by atoms with Gasteiger partial charge in [-0.05, 0) is 45.7 Å². The molecule has 0 aromatic carbocycles. The lowest BCUT2D eigenvalue weighted by molar-refractivity contribution is 0.222. The van der Waals surface area contributed by atoms with E-state index in [9.17, 15) is 0 Å². The first-order chi connectivity index (χ1) is 11.9. The molecule has 25 heavy (non-hydrogen) atoms. The van der Waals surface area contributed by atoms with Crippen LogP contribution in [0.25, 0.3) is 0 Å². The van der Waals surface area contributed by atoms with Crippen molar-refractivity contribution in [1.82, 2.24) is 10.2 Å². The quantitative estimate of drug-likeness (QED) is 0.304. The summed E-state index contributed by atoms with van der Waals surface area (Å²) in [5.41, 5.74) is 2.05. The maximum absolute atomic E-state index is 4.79. The highest BCUT2D eigenvalue weighted by atomic mass is 31.1. The molecule has 0 radical (unpaired) electrons. The first-order valence-electron chi connectivity index (χ1n) is 9.96. The van der Waals surface area contributed by atoms with Crippen molar-refractivity contribution in [3.8, 4) is 0 Å². The number of nitrogens with zero attached hydrogens (tertiary/aromatic N) is 2. The Morgan fingerprint density at radius 2 is 1.84 bits per heavy atom. The van der Waals surface area contributed by atoms with Crippen molar-refractivity contribution in [3.63, 3.8) is 0 Å². The molecule has 0 aromatic rings. The molecule has 3 nitrogen and oxygen atoms in total. The Bertz CT molecular complexity index is 442. The average molecular weight is 386 g/mol. The summed E-state index contributed by atoms with van der Waals surface area (Å²) in [6.45, 7) is 14.8. The van der Waals surface area contributed by atoms with E-state index in [1.807, 2.05) is 0 Å². The van der Waals surface area contributed by atoms with Gasteiger partial charge in [0, 0.05) is 25.2 Å². The van der Waals surface area contributed by atoms with Gasteiger partial charge in [-0.15, -0.1) is 0 Å². The van der Waals surface area contributed by atoms with Gasteiger partial charge in [0.1, 0.15) is 13.2 Å². The molecule has 0 saturated carbocycles. The largest absolute Gasteiger partial charge is 0.298 e. The minimum Gasteiger partial charge on any atom is -0.298 e. The Hall–Kier alpha value is -0.0700. The van der Waals surface area contributed by atoms with Gasteiger partial charge in [-0.1, -0.05) is 13.3 Å². The molecule has 1 aliphatic rings. The molecule has 0 amide bonds. The van der Waals surface area contributed by atoms with Crippen molar-refractivity contribution in [2.24, 2.45) is 4.99 Å². The zero-order valence-electron chi connectivity index (χ0n) is 17.1. The van der Waals surface area contributed by atoms with Crippen molar-refractivity contribution < 1.29 is 0 Å². The summed E-state index contributed by atoms with van der Waals surface area (Å²) in [6, 6.07) is 0. The fraction of sp³-hybridized carbons (Fsp3) is 0.850. The summed E-state index contributed by atoms with van der Waals surface area (Å²) in [7, 11) is -0.283. The molecule has 5 heteroatoms. The second-order valence-corrected chi connectivity index (χ2v) is 12.0. The Labute approximate surface area is 158 Å². The third-order valence-corrected chi connectivity index (χ3v) is 8.34. The van der Waals surface area contributed by atoms with Crippen molar-refractivity contribution in [2.75, 3.05) is 46.1 Å². The van der Waals surface area contributed by atoms with Crippen molar-refractivity contribution in [2.45, 2.75) is 63.8 Å². The molecule has 0 aromatic heterocycles. The molecule has 1 heterocycles. The van der Waals surface area contributed by atoms with E-state index >= 15 is 0 Å². The monoisotopic (exact) mass is 385 g/mol. The number of likely N-dealkylation sites (tertiary alicyclic amines) is 1. The predicted octanol–water partition coefficient (Wildman–Crippen LogP) is 4.50. The van der Waals surface area contributed by atoms with Crippen LogP contribution in [0, 0.1) is 0 Å². The van der Waals surface area contributed by atoms with Gasteiger partial charge < -0.3 is 0 Å². The average Bonchev–Trinajstić information content (AvgIpc) is 2.58. The first kappa shape index (κ1) is 23.0. The molecule has 1 aliphatic heterocycles. The second-order valence-electron chi connectivity index (χ2n) is 7.58. The van der Waals surface area contributed by atoms with Crippen LogP contribution in [0.3, 0.4) is 0 Å². The summed E-state index contributed by atoms with van der Waals surface area (Å²) >= 11 is 0. The van der Waals surface area contributed by atoms with Crippen LogP contribution in [0.5, 0.6) is 0 Å². The summed E-state index contributed by atoms with van der Waals surface area (Å²) in [5, 5.41) is 3.76. The van der Waals surface area contributed by atoms with Crippen LogP contribution in [0.2, 0.25) is 0 Å². The number of hydrogen-bond acceptors (Lipinski definition) is 3. The fourth-order valence-corrected chi connectivity index (χ4v) is 5.53. The van der Waals surface area contributed by atoms with E-state index in [0.717, 1.165) is 31.6 Å². The van der Waals surface area contributed by atoms with E-state index in [2.05, 4.69) is 50.0 Å². The number of aliphatic imine (C=N–C) groups is 1. The van der Waals surface area contributed by atoms with Gasteiger partial charge in [-0.25, -0.2) is 0 Å². The lowest BCUT2D eigenvalue weighted by atomic mass is 10.1. The van der Waals surface area contributed by atoms with Crippen LogP contribution in [-0.2, 0) is 0 Å². The standard InChI is InChI=1S/C20H41N3P2/c1-7-19(24(3)4)16-18(2)21-12-11-13-22-20(25(5)6)17-23-14-9-8-10-15-23/h19-20,22H,3,5,7-17H2,1-2,4,6H3/q+2. The topological polar surface area (TPSA) is 27.6 Å². The van der Waals surface area contributed by atoms with Crippen molar-refractivity contribution in [1.29, 1.82) is 0 Å². The molecule has 1 fully saturated rings. The smallest absolute Gasteiger partial charge is 0.179 e. The van der Waals surface area contributed by atoms with Gasteiger partial charge in [0.25, 0.3) is 0 Å². The number of nitrogens with one attached hydrogen (secondary N) is 1. The molecule has 0 bridgehead atoms. The molecule has 4 unspecified atom stereocenters. The molecule has 1 rings (SSSR count). The van der Waals surface area contributed by atoms with E-state index in [-0.39, 0.29) is 15.1 Å². The molecule has 144 valence electrons. The maximum atomic E-state index is 4.79. The highest BCUT2D eigenvalue weighted by Gasteiger charge is 2.22. The molecule has 4 atom stereocenters. The summed E-state index contributed by atoms with van der Waals surface area (Å²) in [4.78, 5) is 7.42. The Morgan fingerprint density at radius 1 is 1.16 bits per heavy atom. The third-order valence-electron chi connectivity index (χ3n) is 5.13. The fourth-order valence-electron chi connectivity index (χ4n) is 3.38. The van der Waals surface area contributed by atoms with Gasteiger partial charge in [0.15, 0.2) is 5.78 Å². The van der Waals surface area contributed by atoms with Crippen LogP contribution in [0.4, 0.5) is 0 Å². The first-order valence-corrected chi connectivity index (χ1v) is 14.0. The van der Waals surface area contributed by atoms with E-state index in [1.165, 1.54) is 51.0 Å². The lowest BCUT2D eigenvalue weighted by Crippen LogP contribution is -2.41. The highest BCUT2D eigenvalue weighted by molar-refractivity contribution is 7.56. The van der Waals surface area contributed by atoms with E-state index in [4.69, 9.17) is 4.99 Å². The molecular formula is C20H41N3P2+2. The lowest BCUT2D eigenvalue weighted by Gasteiger charge is -2.28. The van der Waals surface area contributed by atoms with Crippen molar-refractivity contribution in [3.05, 3.63) is 0 Å². The van der Waals surface area contributed by atoms with Crippen LogP contribution in [0.1, 0.15) is 52.4 Å². The van der Waals surface area contributed by atoms with Gasteiger partial charge in [0.2, 0.25) is 0 Å². The number of piperidine rings is 1. The molecular weight excluding hydrogens is 344 g/mol. The summed E-state index contributed by atoms with van der Waals surface area (Å²) in [5.74, 6) is 0.567. The van der Waals surface area contributed by atoms with E-state index in [1.54, 1.807) is 0 Å². The van der Waals surface area contributed by atoms with Gasteiger partial charge in [-0.2, -0.15) is 0 Å². The van der Waals surface area contributed by atoms with E-state index in [0.29, 0.717) is 5.78 Å². The zero-order valence-corrected chi connectivity index (χ0v) is 18.9. The summed E-state index contributed by atoms with van der Waals surface area (Å²) in [6.07, 6.45) is 16.2. The Kier molecular flexibility index (Phi) is 12.1. The Morgan fingerprint density at radius 3 is 2.40 bits per heavy atom. The highest BCUT2D eigenvalue weighted by Crippen LogP contribution is 2.28. The molecule has 0 aliphatic carbocycles. The zero-order chi connectivity index (χ0) is 18.7. The minimum atomic E-state index is -0.187. The predicted molar refractivity (Wildman–Crippen MR) is 123 cm³/mol. The van der Waals surface area contributed by atoms with Crippen LogP contribution >= 0.6 is 15.1 Å². The van der Waals surface area contributed by atoms with Crippen LogP contribution < -0.4 is 5.32 Å². The SMILES string of the molecule is C=[P+](C)C(CC)CC(C)=NCCCNC(CN1CCCCC1)[P+](=C)C. The summed E-state index contributed by atoms with van der Waals surface area (Å²) < 4.78 is 0. The number of rotatable bonds is 12. The second kappa shape index (κ2) is 13.2. The van der Waals surface area contributed by atoms with Crippen molar-refractivity contribution >= 4 is 33.4 Å². The minimum absolute atomic E-state index is 0.0957. The third kappa shape index (κ3) is 10.00. The molecule has 1 saturated heterocycles. The van der Waals surface area contributed by atoms with Gasteiger partial charge >= 0.3 is 0 Å². The van der Waals surface area contributed by atoms with Crippen LogP contribution in [-0.4, -0.2) is 80.7 Å². The number of hydrogen-bond donors (Lipinski definition) is 1. The Balaban J connectivity index is 2.27. The molecule has 0 spiro atoms. The van der Waals surface area contributed by atoms with Gasteiger partial charge in [0.05, 0.1) is 40.0 Å². The normalized spacial score (nSPS) is 20.2. The van der Waals surface area contributed by atoms with Gasteiger partial charge in [-0.3, -0.25) is 15.2 Å². The molecule has 1 N–H and O–H groups in total. The van der Waals surface area contributed by atoms with Crippen LogP contribution in [0.15, 0.2) is 4.99 Å².